The first kappa shape index (κ1) is 47.0. The summed E-state index contributed by atoms with van der Waals surface area (Å²) in [6.45, 7) is 4.97. The first-order chi connectivity index (χ1) is 31.9. The zero-order valence-corrected chi connectivity index (χ0v) is 40.8. The van der Waals surface area contributed by atoms with E-state index >= 15 is 0 Å². The average Bonchev–Trinajstić information content (AvgIpc) is 3.96. The molecule has 6 aromatic rings. The summed E-state index contributed by atoms with van der Waals surface area (Å²) in [7, 11) is 3.24. The third kappa shape index (κ3) is 9.39. The van der Waals surface area contributed by atoms with Crippen LogP contribution in [0.3, 0.4) is 0 Å². The molecule has 6 atom stereocenters. The molecule has 2 unspecified atom stereocenters. The predicted molar refractivity (Wildman–Crippen MR) is 254 cm³/mol. The highest BCUT2D eigenvalue weighted by Crippen LogP contribution is 2.46. The number of alkyl halides is 4. The molecule has 10 nitrogen and oxygen atoms in total. The van der Waals surface area contributed by atoms with E-state index in [0.29, 0.717) is 24.3 Å². The molecular formula is C50H56Br2F4N6O4. The summed E-state index contributed by atoms with van der Waals surface area (Å²) in [5.41, 5.74) is 8.13. The lowest BCUT2D eigenvalue weighted by Crippen LogP contribution is -2.45. The van der Waals surface area contributed by atoms with Crippen molar-refractivity contribution in [1.82, 2.24) is 29.4 Å². The maximum atomic E-state index is 13.7. The molecule has 2 fully saturated rings. The van der Waals surface area contributed by atoms with E-state index in [-0.39, 0.29) is 49.7 Å². The molecule has 4 aromatic carbocycles. The average molecular weight is 1040 g/mol. The highest BCUT2D eigenvalue weighted by atomic mass is 79.9. The minimum atomic E-state index is -2.42. The van der Waals surface area contributed by atoms with E-state index in [1.807, 2.05) is 87.7 Å². The van der Waals surface area contributed by atoms with E-state index in [1.54, 1.807) is 14.2 Å². The van der Waals surface area contributed by atoms with Gasteiger partial charge in [-0.3, -0.25) is 9.80 Å². The quantitative estimate of drug-likeness (QED) is 0.126. The molecule has 66 heavy (non-hydrogen) atoms. The van der Waals surface area contributed by atoms with Gasteiger partial charge in [0.1, 0.15) is 17.7 Å². The maximum Gasteiger partial charge on any atom is 0.251 e. The molecule has 10 rings (SSSR count). The van der Waals surface area contributed by atoms with Crippen molar-refractivity contribution >= 4 is 53.7 Å². The maximum absolute atomic E-state index is 13.7. The minimum Gasteiger partial charge on any atom is -0.496 e. The number of halogens is 6. The van der Waals surface area contributed by atoms with Gasteiger partial charge in [0.25, 0.3) is 12.9 Å². The molecule has 0 radical (unpaired) electrons. The van der Waals surface area contributed by atoms with Crippen LogP contribution in [-0.4, -0.2) is 94.8 Å². The molecule has 6 heterocycles. The van der Waals surface area contributed by atoms with Gasteiger partial charge in [-0.15, -0.1) is 0 Å². The van der Waals surface area contributed by atoms with Crippen LogP contribution in [0, 0.1) is 0 Å². The minimum absolute atomic E-state index is 0.0412. The molecule has 0 saturated carbocycles. The Bertz CT molecular complexity index is 2560. The van der Waals surface area contributed by atoms with Gasteiger partial charge in [-0.05, 0) is 124 Å². The fourth-order valence-corrected chi connectivity index (χ4v) is 11.4. The normalized spacial score (nSPS) is 23.8. The van der Waals surface area contributed by atoms with Crippen molar-refractivity contribution in [2.24, 2.45) is 0 Å². The lowest BCUT2D eigenvalue weighted by atomic mass is 9.83. The largest absolute Gasteiger partial charge is 0.496 e. The molecule has 2 aromatic heterocycles. The Balaban J connectivity index is 0.000000166. The van der Waals surface area contributed by atoms with E-state index in [0.717, 1.165) is 105 Å². The molecular weight excluding hydrogens is 984 g/mol. The van der Waals surface area contributed by atoms with Crippen molar-refractivity contribution in [2.75, 3.05) is 40.5 Å². The molecule has 4 aliphatic rings. The van der Waals surface area contributed by atoms with Crippen molar-refractivity contribution in [3.05, 3.63) is 115 Å². The first-order valence-corrected chi connectivity index (χ1v) is 24.5. The van der Waals surface area contributed by atoms with E-state index < -0.39 is 12.9 Å². The number of methoxy groups -OCH3 is 2. The van der Waals surface area contributed by atoms with E-state index in [2.05, 4.69) is 55.3 Å². The summed E-state index contributed by atoms with van der Waals surface area (Å²) in [6, 6.07) is 19.0. The second-order valence-electron chi connectivity index (χ2n) is 17.8. The number of rotatable bonds is 10. The summed E-state index contributed by atoms with van der Waals surface area (Å²) in [5, 5.41) is 11.6. The molecule has 0 N–H and O–H groups in total. The Morgan fingerprint density at radius 1 is 0.667 bits per heavy atom. The zero-order chi connectivity index (χ0) is 46.2. The monoisotopic (exact) mass is 1040 g/mol. The Morgan fingerprint density at radius 2 is 1.18 bits per heavy atom. The zero-order valence-electron chi connectivity index (χ0n) is 37.6. The number of benzene rings is 4. The van der Waals surface area contributed by atoms with Crippen LogP contribution in [0.25, 0.3) is 21.8 Å². The van der Waals surface area contributed by atoms with Crippen LogP contribution in [0.2, 0.25) is 0 Å². The summed E-state index contributed by atoms with van der Waals surface area (Å²) >= 11 is 6.99. The van der Waals surface area contributed by atoms with Gasteiger partial charge in [0, 0.05) is 62.3 Å². The van der Waals surface area contributed by atoms with Crippen LogP contribution in [0.5, 0.6) is 11.5 Å². The van der Waals surface area contributed by atoms with Crippen LogP contribution in [-0.2, 0) is 22.3 Å². The van der Waals surface area contributed by atoms with Crippen molar-refractivity contribution in [2.45, 2.75) is 115 Å². The van der Waals surface area contributed by atoms with Crippen molar-refractivity contribution < 1.29 is 36.5 Å². The lowest BCUT2D eigenvalue weighted by molar-refractivity contribution is -0.0390. The topological polar surface area (TPSA) is 79.0 Å². The van der Waals surface area contributed by atoms with E-state index in [4.69, 9.17) is 24.0 Å². The molecule has 0 amide bonds. The van der Waals surface area contributed by atoms with Gasteiger partial charge in [0.15, 0.2) is 6.23 Å². The number of hydrogen-bond donors (Lipinski definition) is 0. The summed E-state index contributed by atoms with van der Waals surface area (Å²) in [6.07, 6.45) is 6.75. The van der Waals surface area contributed by atoms with Crippen LogP contribution in [0.15, 0.2) is 82.0 Å². The van der Waals surface area contributed by atoms with Gasteiger partial charge in [-0.25, -0.2) is 26.9 Å². The molecule has 0 bridgehead atoms. The van der Waals surface area contributed by atoms with Gasteiger partial charge < -0.3 is 18.9 Å². The number of aromatic nitrogens is 4. The van der Waals surface area contributed by atoms with Crippen LogP contribution < -0.4 is 9.47 Å². The van der Waals surface area contributed by atoms with Gasteiger partial charge in [-0.1, -0.05) is 56.1 Å². The van der Waals surface area contributed by atoms with Gasteiger partial charge >= 0.3 is 0 Å². The van der Waals surface area contributed by atoms with Gasteiger partial charge in [0.2, 0.25) is 0 Å². The highest BCUT2D eigenvalue weighted by molar-refractivity contribution is 9.10. The molecule has 0 aliphatic carbocycles. The first-order valence-electron chi connectivity index (χ1n) is 22.9. The number of fused-ring (bicyclic) bond motifs is 6. The van der Waals surface area contributed by atoms with Gasteiger partial charge in [0.05, 0.1) is 56.6 Å². The third-order valence-electron chi connectivity index (χ3n) is 13.7. The smallest absolute Gasteiger partial charge is 0.251 e. The van der Waals surface area contributed by atoms with E-state index in [9.17, 15) is 17.6 Å². The third-order valence-corrected chi connectivity index (χ3v) is 14.7. The van der Waals surface area contributed by atoms with Crippen LogP contribution in [0.1, 0.15) is 110 Å². The Morgan fingerprint density at radius 3 is 1.70 bits per heavy atom. The summed E-state index contributed by atoms with van der Waals surface area (Å²) in [4.78, 5) is 3.80. The van der Waals surface area contributed by atoms with Gasteiger partial charge in [-0.2, -0.15) is 10.2 Å². The highest BCUT2D eigenvalue weighted by Gasteiger charge is 2.39. The SMILES string of the molecule is COc1cc(Br)ccc1[C@@H]1c2ccc3c(cnn3C3CCCCO3)c2C[C@@H](C)N1CC(F)F.COc1cc(Br)ccc1[C@@H]1c2ccc3nn(C4CCCCO4)cc3c2C[C@@H](C)N1CC(F)F. The predicted octanol–water partition coefficient (Wildman–Crippen LogP) is 12.2. The molecule has 0 spiro atoms. The molecule has 4 aliphatic heterocycles. The summed E-state index contributed by atoms with van der Waals surface area (Å²) < 4.78 is 83.6. The van der Waals surface area contributed by atoms with Crippen LogP contribution in [0.4, 0.5) is 17.6 Å². The Labute approximate surface area is 399 Å². The second kappa shape index (κ2) is 20.3. The van der Waals surface area contributed by atoms with E-state index in [1.165, 1.54) is 11.1 Å². The number of hydrogen-bond acceptors (Lipinski definition) is 8. The standard InChI is InChI=1S/2C25H28BrF2N3O2/c1-15-11-19-17(8-9-21-20(19)13-31(29-21)24-5-3-4-10-33-24)25(30(15)14-23(27)28)18-7-6-16(26)12-22(18)32-2;1-15-11-19-17(8-9-21-20(19)13-29-31(21)24-5-3-4-10-33-24)25(30(15)14-23(27)28)18-7-6-16(26)12-22(18)32-2/h2*6-9,12-13,15,23-25H,3-5,10-11,14H2,1-2H3/t2*15-,24?,25+/m11/s1. The number of ether oxygens (including phenoxy) is 4. The molecule has 16 heteroatoms. The fraction of sp³-hybridized carbons (Fsp3) is 0.480. The van der Waals surface area contributed by atoms with Crippen molar-refractivity contribution in [1.29, 1.82) is 0 Å². The number of nitrogens with zero attached hydrogens (tertiary/aromatic N) is 6. The molecule has 2 saturated heterocycles. The van der Waals surface area contributed by atoms with Crippen molar-refractivity contribution in [3.63, 3.8) is 0 Å². The Kier molecular flexibility index (Phi) is 14.4. The second-order valence-corrected chi connectivity index (χ2v) is 19.7. The lowest BCUT2D eigenvalue weighted by Gasteiger charge is -2.42. The summed E-state index contributed by atoms with van der Waals surface area (Å²) in [5.74, 6) is 1.36. The van der Waals surface area contributed by atoms with Crippen molar-refractivity contribution in [3.8, 4) is 11.5 Å². The van der Waals surface area contributed by atoms with Crippen LogP contribution >= 0.6 is 31.9 Å². The fourth-order valence-electron chi connectivity index (χ4n) is 10.7. The Hall–Kier alpha value is -4.06. The molecule has 352 valence electrons.